The summed E-state index contributed by atoms with van der Waals surface area (Å²) in [7, 11) is 0. The molecule has 0 radical (unpaired) electrons. The fraction of sp³-hybridized carbons (Fsp3) is 0.100. The van der Waals surface area contributed by atoms with Crippen molar-refractivity contribution in [2.24, 2.45) is 5.73 Å². The van der Waals surface area contributed by atoms with Gasteiger partial charge in [0.2, 0.25) is 0 Å². The Labute approximate surface area is 71.7 Å². The Morgan fingerprint density at radius 3 is 2.25 bits per heavy atom. The van der Waals surface area contributed by atoms with Crippen LogP contribution in [0.5, 0.6) is 0 Å². The first-order chi connectivity index (χ1) is 5.86. The summed E-state index contributed by atoms with van der Waals surface area (Å²) in [5, 5.41) is 0. The van der Waals surface area contributed by atoms with E-state index in [-0.39, 0.29) is 0 Å². The number of aldehydes is 1. The van der Waals surface area contributed by atoms with E-state index in [1.165, 1.54) is 0 Å². The number of carbonyl (C=O) groups excluding carboxylic acids is 1. The van der Waals surface area contributed by atoms with Crippen molar-refractivity contribution in [3.05, 3.63) is 41.5 Å². The first-order valence-electron chi connectivity index (χ1n) is 3.78. The minimum Gasteiger partial charge on any atom is -0.327 e. The fourth-order valence-electron chi connectivity index (χ4n) is 0.890. The zero-order valence-corrected chi connectivity index (χ0v) is 6.73. The third-order valence-corrected chi connectivity index (χ3v) is 1.52. The van der Waals surface area contributed by atoms with Crippen molar-refractivity contribution in [2.45, 2.75) is 0 Å². The summed E-state index contributed by atoms with van der Waals surface area (Å²) in [6.45, 7) is 0.537. The number of benzene rings is 1. The molecule has 0 unspecified atom stereocenters. The van der Waals surface area contributed by atoms with Gasteiger partial charge in [0.25, 0.3) is 0 Å². The average molecular weight is 161 g/mol. The molecule has 1 aromatic rings. The minimum atomic E-state index is 0.537. The molecule has 2 nitrogen and oxygen atoms in total. The van der Waals surface area contributed by atoms with Gasteiger partial charge >= 0.3 is 0 Å². The molecule has 0 heterocycles. The second-order valence-electron chi connectivity index (χ2n) is 2.42. The van der Waals surface area contributed by atoms with Crippen molar-refractivity contribution in [1.29, 1.82) is 0 Å². The third-order valence-electron chi connectivity index (χ3n) is 1.52. The molecule has 0 atom stereocenters. The van der Waals surface area contributed by atoms with Crippen LogP contribution in [0.3, 0.4) is 0 Å². The van der Waals surface area contributed by atoms with Gasteiger partial charge in [-0.3, -0.25) is 4.79 Å². The SMILES string of the molecule is NCC=Cc1ccc(C=O)cc1. The van der Waals surface area contributed by atoms with E-state index < -0.39 is 0 Å². The quantitative estimate of drug-likeness (QED) is 0.682. The maximum atomic E-state index is 10.3. The largest absolute Gasteiger partial charge is 0.327 e. The molecule has 0 saturated heterocycles. The van der Waals surface area contributed by atoms with Crippen LogP contribution in [-0.2, 0) is 0 Å². The molecule has 0 aromatic heterocycles. The van der Waals surface area contributed by atoms with Crippen molar-refractivity contribution in [3.8, 4) is 0 Å². The molecule has 0 spiro atoms. The number of rotatable bonds is 3. The highest BCUT2D eigenvalue weighted by atomic mass is 16.1. The van der Waals surface area contributed by atoms with Gasteiger partial charge in [0, 0.05) is 12.1 Å². The van der Waals surface area contributed by atoms with E-state index in [9.17, 15) is 4.79 Å². The standard InChI is InChI=1S/C10H11NO/c11-7-1-2-9-3-5-10(8-12)6-4-9/h1-6,8H,7,11H2. The molecule has 2 N–H and O–H groups in total. The Bertz CT molecular complexity index is 274. The lowest BCUT2D eigenvalue weighted by Gasteiger charge is -1.92. The van der Waals surface area contributed by atoms with Gasteiger partial charge in [-0.1, -0.05) is 36.4 Å². The van der Waals surface area contributed by atoms with Crippen molar-refractivity contribution in [1.82, 2.24) is 0 Å². The van der Waals surface area contributed by atoms with Gasteiger partial charge in [-0.05, 0) is 5.56 Å². The van der Waals surface area contributed by atoms with Crippen LogP contribution in [-0.4, -0.2) is 12.8 Å². The predicted octanol–water partition coefficient (Wildman–Crippen LogP) is 1.47. The van der Waals surface area contributed by atoms with E-state index in [0.29, 0.717) is 12.1 Å². The molecular weight excluding hydrogens is 150 g/mol. The molecule has 0 saturated carbocycles. The van der Waals surface area contributed by atoms with Gasteiger partial charge in [0.05, 0.1) is 0 Å². The van der Waals surface area contributed by atoms with E-state index in [2.05, 4.69) is 0 Å². The van der Waals surface area contributed by atoms with E-state index >= 15 is 0 Å². The lowest BCUT2D eigenvalue weighted by Crippen LogP contribution is -1.91. The van der Waals surface area contributed by atoms with E-state index in [0.717, 1.165) is 11.8 Å². The first-order valence-corrected chi connectivity index (χ1v) is 3.78. The topological polar surface area (TPSA) is 43.1 Å². The number of carbonyl (C=O) groups is 1. The predicted molar refractivity (Wildman–Crippen MR) is 49.9 cm³/mol. The van der Waals surface area contributed by atoms with Crippen LogP contribution in [0.4, 0.5) is 0 Å². The molecule has 0 amide bonds. The van der Waals surface area contributed by atoms with Gasteiger partial charge in [0.15, 0.2) is 0 Å². The Balaban J connectivity index is 2.77. The molecule has 12 heavy (non-hydrogen) atoms. The van der Waals surface area contributed by atoms with Crippen LogP contribution in [0, 0.1) is 0 Å². The third kappa shape index (κ3) is 2.32. The summed E-state index contributed by atoms with van der Waals surface area (Å²) in [5.41, 5.74) is 7.04. The maximum absolute atomic E-state index is 10.3. The van der Waals surface area contributed by atoms with Crippen LogP contribution in [0.2, 0.25) is 0 Å². The van der Waals surface area contributed by atoms with Crippen LogP contribution in [0.15, 0.2) is 30.3 Å². The highest BCUT2D eigenvalue weighted by Gasteiger charge is 1.87. The van der Waals surface area contributed by atoms with E-state index in [4.69, 9.17) is 5.73 Å². The van der Waals surface area contributed by atoms with Gasteiger partial charge < -0.3 is 5.73 Å². The second-order valence-corrected chi connectivity index (χ2v) is 2.42. The van der Waals surface area contributed by atoms with Crippen LogP contribution in [0.25, 0.3) is 6.08 Å². The summed E-state index contributed by atoms with van der Waals surface area (Å²) < 4.78 is 0. The van der Waals surface area contributed by atoms with Gasteiger partial charge in [-0.25, -0.2) is 0 Å². The van der Waals surface area contributed by atoms with Gasteiger partial charge in [-0.15, -0.1) is 0 Å². The van der Waals surface area contributed by atoms with Crippen molar-refractivity contribution in [2.75, 3.05) is 6.54 Å². The number of hydrogen-bond donors (Lipinski definition) is 1. The normalized spacial score (nSPS) is 10.4. The summed E-state index contributed by atoms with van der Waals surface area (Å²) >= 11 is 0. The van der Waals surface area contributed by atoms with Crippen molar-refractivity contribution >= 4 is 12.4 Å². The minimum absolute atomic E-state index is 0.537. The van der Waals surface area contributed by atoms with Crippen molar-refractivity contribution < 1.29 is 4.79 Å². The Hall–Kier alpha value is -1.41. The summed E-state index contributed by atoms with van der Waals surface area (Å²) in [6.07, 6.45) is 4.63. The second kappa shape index (κ2) is 4.46. The van der Waals surface area contributed by atoms with E-state index in [1.54, 1.807) is 12.1 Å². The molecule has 0 aliphatic rings. The molecular formula is C10H11NO. The lowest BCUT2D eigenvalue weighted by atomic mass is 10.1. The summed E-state index contributed by atoms with van der Waals surface area (Å²) in [4.78, 5) is 10.3. The zero-order chi connectivity index (χ0) is 8.81. The molecule has 0 aliphatic heterocycles. The van der Waals surface area contributed by atoms with Crippen LogP contribution in [0.1, 0.15) is 15.9 Å². The highest BCUT2D eigenvalue weighted by Crippen LogP contribution is 2.03. The van der Waals surface area contributed by atoms with Crippen LogP contribution >= 0.6 is 0 Å². The fourth-order valence-corrected chi connectivity index (χ4v) is 0.890. The average Bonchev–Trinajstić information content (AvgIpc) is 2.15. The Morgan fingerprint density at radius 1 is 1.17 bits per heavy atom. The smallest absolute Gasteiger partial charge is 0.150 e. The molecule has 0 bridgehead atoms. The molecule has 62 valence electrons. The summed E-state index contributed by atoms with van der Waals surface area (Å²) in [6, 6.07) is 7.33. The van der Waals surface area contributed by atoms with Gasteiger partial charge in [0.1, 0.15) is 6.29 Å². The zero-order valence-electron chi connectivity index (χ0n) is 6.73. The first kappa shape index (κ1) is 8.68. The monoisotopic (exact) mass is 161 g/mol. The maximum Gasteiger partial charge on any atom is 0.150 e. The van der Waals surface area contributed by atoms with Crippen molar-refractivity contribution in [3.63, 3.8) is 0 Å². The Kier molecular flexibility index (Phi) is 3.23. The van der Waals surface area contributed by atoms with Gasteiger partial charge in [-0.2, -0.15) is 0 Å². The summed E-state index contributed by atoms with van der Waals surface area (Å²) in [5.74, 6) is 0. The van der Waals surface area contributed by atoms with Crippen LogP contribution < -0.4 is 5.73 Å². The van der Waals surface area contributed by atoms with E-state index in [1.807, 2.05) is 24.3 Å². The molecule has 2 heteroatoms. The molecule has 1 aromatic carbocycles. The molecule has 0 fully saturated rings. The number of nitrogens with two attached hydrogens (primary N) is 1. The Morgan fingerprint density at radius 2 is 1.75 bits per heavy atom. The number of hydrogen-bond acceptors (Lipinski definition) is 2. The highest BCUT2D eigenvalue weighted by molar-refractivity contribution is 5.75. The molecule has 0 aliphatic carbocycles. The molecule has 1 rings (SSSR count). The lowest BCUT2D eigenvalue weighted by molar-refractivity contribution is 0.112.